The monoisotopic (exact) mass is 326 g/mol. The van der Waals surface area contributed by atoms with Crippen molar-refractivity contribution >= 4 is 23.2 Å². The quantitative estimate of drug-likeness (QED) is 0.810. The van der Waals surface area contributed by atoms with E-state index < -0.39 is 0 Å². The standard InChI is InChI=1S/C18H18N2O2S/c21-17-14-4-1-2-5-15(14)18(22)20(17)10-9-19-8-3-6-16(19)13-7-11-23-12-13/h1-2,4-5,7,11-12,16H,3,6,8-10H2/t16-/m0/s1. The highest BCUT2D eigenvalue weighted by Gasteiger charge is 2.36. The van der Waals surface area contributed by atoms with Crippen LogP contribution in [0.25, 0.3) is 0 Å². The summed E-state index contributed by atoms with van der Waals surface area (Å²) >= 11 is 1.72. The van der Waals surface area contributed by atoms with Crippen LogP contribution < -0.4 is 0 Å². The number of thiophene rings is 1. The van der Waals surface area contributed by atoms with E-state index in [1.807, 2.05) is 0 Å². The SMILES string of the molecule is O=C1c2ccccc2C(=O)N1CCN1CCC[C@H]1c1ccsc1. The Kier molecular flexibility index (Phi) is 3.75. The zero-order valence-electron chi connectivity index (χ0n) is 12.8. The van der Waals surface area contributed by atoms with Crippen molar-refractivity contribution in [3.05, 3.63) is 57.8 Å². The molecule has 4 rings (SSSR count). The van der Waals surface area contributed by atoms with Crippen LogP contribution in [0.3, 0.4) is 0 Å². The van der Waals surface area contributed by atoms with E-state index in [-0.39, 0.29) is 11.8 Å². The number of carbonyl (C=O) groups is 2. The first-order chi connectivity index (χ1) is 11.3. The number of hydrogen-bond donors (Lipinski definition) is 0. The van der Waals surface area contributed by atoms with Crippen LogP contribution in [0.4, 0.5) is 0 Å². The lowest BCUT2D eigenvalue weighted by molar-refractivity contribution is 0.0633. The van der Waals surface area contributed by atoms with Crippen LogP contribution in [0.15, 0.2) is 41.1 Å². The Labute approximate surface area is 139 Å². The molecule has 2 aliphatic heterocycles. The maximum absolute atomic E-state index is 12.4. The van der Waals surface area contributed by atoms with Crippen LogP contribution in [-0.4, -0.2) is 41.2 Å². The van der Waals surface area contributed by atoms with Crippen molar-refractivity contribution in [1.29, 1.82) is 0 Å². The van der Waals surface area contributed by atoms with Gasteiger partial charge in [0.15, 0.2) is 0 Å². The Morgan fingerprint density at radius 2 is 1.78 bits per heavy atom. The molecule has 118 valence electrons. The van der Waals surface area contributed by atoms with E-state index in [1.165, 1.54) is 16.9 Å². The van der Waals surface area contributed by atoms with Gasteiger partial charge < -0.3 is 0 Å². The van der Waals surface area contributed by atoms with Crippen LogP contribution in [0.2, 0.25) is 0 Å². The molecule has 4 nitrogen and oxygen atoms in total. The van der Waals surface area contributed by atoms with Gasteiger partial charge in [0.1, 0.15) is 0 Å². The van der Waals surface area contributed by atoms with Gasteiger partial charge in [-0.2, -0.15) is 11.3 Å². The molecule has 1 saturated heterocycles. The second-order valence-electron chi connectivity index (χ2n) is 6.06. The molecule has 2 aromatic rings. The predicted octanol–water partition coefficient (Wildman–Crippen LogP) is 3.18. The average molecular weight is 326 g/mol. The van der Waals surface area contributed by atoms with Crippen LogP contribution in [-0.2, 0) is 0 Å². The smallest absolute Gasteiger partial charge is 0.261 e. The van der Waals surface area contributed by atoms with Crippen LogP contribution in [0.1, 0.15) is 45.2 Å². The Bertz CT molecular complexity index is 706. The fourth-order valence-electron chi connectivity index (χ4n) is 3.61. The lowest BCUT2D eigenvalue weighted by Gasteiger charge is -2.26. The van der Waals surface area contributed by atoms with E-state index in [0.29, 0.717) is 23.7 Å². The minimum atomic E-state index is -0.156. The van der Waals surface area contributed by atoms with Crippen molar-refractivity contribution < 1.29 is 9.59 Å². The van der Waals surface area contributed by atoms with E-state index in [2.05, 4.69) is 21.7 Å². The molecule has 0 spiro atoms. The van der Waals surface area contributed by atoms with Crippen LogP contribution in [0.5, 0.6) is 0 Å². The van der Waals surface area contributed by atoms with E-state index in [1.54, 1.807) is 35.6 Å². The Morgan fingerprint density at radius 3 is 2.43 bits per heavy atom. The third kappa shape index (κ3) is 2.50. The lowest BCUT2D eigenvalue weighted by atomic mass is 10.1. The van der Waals surface area contributed by atoms with Crippen molar-refractivity contribution in [1.82, 2.24) is 9.80 Å². The minimum Gasteiger partial charge on any atom is -0.295 e. The average Bonchev–Trinajstić information content (AvgIpc) is 3.28. The summed E-state index contributed by atoms with van der Waals surface area (Å²) in [6.07, 6.45) is 2.32. The molecule has 0 bridgehead atoms. The second-order valence-corrected chi connectivity index (χ2v) is 6.84. The van der Waals surface area contributed by atoms with Gasteiger partial charge in [0, 0.05) is 19.1 Å². The maximum atomic E-state index is 12.4. The topological polar surface area (TPSA) is 40.6 Å². The molecule has 0 radical (unpaired) electrons. The van der Waals surface area contributed by atoms with Gasteiger partial charge in [-0.3, -0.25) is 19.4 Å². The maximum Gasteiger partial charge on any atom is 0.261 e. The molecule has 2 aliphatic rings. The normalized spacial score (nSPS) is 21.2. The summed E-state index contributed by atoms with van der Waals surface area (Å²) in [7, 11) is 0. The Balaban J connectivity index is 1.46. The summed E-state index contributed by atoms with van der Waals surface area (Å²) in [5, 5.41) is 4.31. The highest BCUT2D eigenvalue weighted by atomic mass is 32.1. The molecule has 0 N–H and O–H groups in total. The van der Waals surface area contributed by atoms with E-state index in [9.17, 15) is 9.59 Å². The fourth-order valence-corrected chi connectivity index (χ4v) is 4.31. The third-order valence-electron chi connectivity index (χ3n) is 4.78. The van der Waals surface area contributed by atoms with Crippen molar-refractivity contribution in [2.75, 3.05) is 19.6 Å². The first-order valence-corrected chi connectivity index (χ1v) is 8.91. The van der Waals surface area contributed by atoms with Crippen molar-refractivity contribution in [3.8, 4) is 0 Å². The number of benzene rings is 1. The van der Waals surface area contributed by atoms with E-state index in [0.717, 1.165) is 19.5 Å². The van der Waals surface area contributed by atoms with Gasteiger partial charge in [0.2, 0.25) is 0 Å². The van der Waals surface area contributed by atoms with Crippen molar-refractivity contribution in [2.24, 2.45) is 0 Å². The summed E-state index contributed by atoms with van der Waals surface area (Å²) < 4.78 is 0. The minimum absolute atomic E-state index is 0.156. The highest BCUT2D eigenvalue weighted by Crippen LogP contribution is 2.33. The zero-order valence-corrected chi connectivity index (χ0v) is 13.6. The fraction of sp³-hybridized carbons (Fsp3) is 0.333. The molecule has 1 atom stereocenters. The Morgan fingerprint density at radius 1 is 1.04 bits per heavy atom. The molecule has 0 aliphatic carbocycles. The molecule has 0 unspecified atom stereocenters. The van der Waals surface area contributed by atoms with Gasteiger partial charge in [0.05, 0.1) is 11.1 Å². The molecule has 0 saturated carbocycles. The molecule has 1 fully saturated rings. The zero-order chi connectivity index (χ0) is 15.8. The lowest BCUT2D eigenvalue weighted by Crippen LogP contribution is -2.38. The summed E-state index contributed by atoms with van der Waals surface area (Å²) in [4.78, 5) is 28.6. The van der Waals surface area contributed by atoms with Crippen molar-refractivity contribution in [2.45, 2.75) is 18.9 Å². The Hall–Kier alpha value is -1.98. The van der Waals surface area contributed by atoms with Gasteiger partial charge >= 0.3 is 0 Å². The molecule has 5 heteroatoms. The molecule has 3 heterocycles. The molecular formula is C18H18N2O2S. The first kappa shape index (κ1) is 14.6. The second kappa shape index (κ2) is 5.91. The molecule has 1 aromatic carbocycles. The summed E-state index contributed by atoms with van der Waals surface area (Å²) in [6, 6.07) is 9.69. The summed E-state index contributed by atoms with van der Waals surface area (Å²) in [5.41, 5.74) is 2.43. The number of fused-ring (bicyclic) bond motifs is 1. The third-order valence-corrected chi connectivity index (χ3v) is 5.48. The molecular weight excluding hydrogens is 308 g/mol. The number of rotatable bonds is 4. The number of imide groups is 1. The van der Waals surface area contributed by atoms with Crippen LogP contribution >= 0.6 is 11.3 Å². The van der Waals surface area contributed by atoms with Crippen LogP contribution in [0, 0.1) is 0 Å². The molecule has 2 amide bonds. The summed E-state index contributed by atoms with van der Waals surface area (Å²) in [6.45, 7) is 2.24. The number of likely N-dealkylation sites (tertiary alicyclic amines) is 1. The number of hydrogen-bond acceptors (Lipinski definition) is 4. The van der Waals surface area contributed by atoms with Gasteiger partial charge in [-0.15, -0.1) is 0 Å². The summed E-state index contributed by atoms with van der Waals surface area (Å²) in [5.74, 6) is -0.311. The van der Waals surface area contributed by atoms with Crippen molar-refractivity contribution in [3.63, 3.8) is 0 Å². The number of carbonyl (C=O) groups excluding carboxylic acids is 2. The predicted molar refractivity (Wildman–Crippen MR) is 89.7 cm³/mol. The van der Waals surface area contributed by atoms with Gasteiger partial charge in [-0.05, 0) is 53.9 Å². The first-order valence-electron chi connectivity index (χ1n) is 7.97. The van der Waals surface area contributed by atoms with Gasteiger partial charge in [-0.25, -0.2) is 0 Å². The number of nitrogens with zero attached hydrogens (tertiary/aromatic N) is 2. The largest absolute Gasteiger partial charge is 0.295 e. The van der Waals surface area contributed by atoms with Gasteiger partial charge in [-0.1, -0.05) is 12.1 Å². The highest BCUT2D eigenvalue weighted by molar-refractivity contribution is 7.07. The van der Waals surface area contributed by atoms with Gasteiger partial charge in [0.25, 0.3) is 11.8 Å². The number of amides is 2. The van der Waals surface area contributed by atoms with E-state index in [4.69, 9.17) is 0 Å². The molecule has 23 heavy (non-hydrogen) atoms. The van der Waals surface area contributed by atoms with E-state index >= 15 is 0 Å². The molecule has 1 aromatic heterocycles.